The Morgan fingerprint density at radius 1 is 1.10 bits per heavy atom. The van der Waals surface area contributed by atoms with Crippen LogP contribution in [0.3, 0.4) is 0 Å². The molecule has 2 aromatic carbocycles. The van der Waals surface area contributed by atoms with Gasteiger partial charge in [0.1, 0.15) is 12.4 Å². The van der Waals surface area contributed by atoms with Gasteiger partial charge in [-0.2, -0.15) is 0 Å². The van der Waals surface area contributed by atoms with Gasteiger partial charge in [0.05, 0.1) is 32.0 Å². The molecule has 0 aliphatic carbocycles. The van der Waals surface area contributed by atoms with E-state index in [1.54, 1.807) is 0 Å². The Morgan fingerprint density at radius 3 is 2.66 bits per heavy atom. The molecule has 1 N–H and O–H groups in total. The second-order valence-corrected chi connectivity index (χ2v) is 8.54. The van der Waals surface area contributed by atoms with Crippen molar-refractivity contribution < 1.29 is 19.3 Å². The van der Waals surface area contributed by atoms with Gasteiger partial charge in [0.2, 0.25) is 0 Å². The number of benzene rings is 2. The van der Waals surface area contributed by atoms with E-state index < -0.39 is 6.10 Å². The van der Waals surface area contributed by atoms with E-state index in [0.29, 0.717) is 33.0 Å². The number of ether oxygens (including phenoxy) is 3. The molecule has 2 atom stereocenters. The van der Waals surface area contributed by atoms with Crippen molar-refractivity contribution in [3.63, 3.8) is 0 Å². The first-order valence-corrected chi connectivity index (χ1v) is 10.9. The number of nitrogens with zero attached hydrogens (tertiary/aromatic N) is 1. The molecule has 0 radical (unpaired) electrons. The van der Waals surface area contributed by atoms with E-state index in [1.165, 1.54) is 0 Å². The summed E-state index contributed by atoms with van der Waals surface area (Å²) >= 11 is 6.90. The molecule has 1 fully saturated rings. The number of hydrogen-bond acceptors (Lipinski definition) is 5. The van der Waals surface area contributed by atoms with Crippen LogP contribution in [0.5, 0.6) is 5.75 Å². The molecule has 29 heavy (non-hydrogen) atoms. The Morgan fingerprint density at radius 2 is 1.90 bits per heavy atom. The van der Waals surface area contributed by atoms with Crippen LogP contribution in [0.1, 0.15) is 11.7 Å². The molecule has 0 amide bonds. The Hall–Kier alpha value is -0.670. The molecule has 160 valence electrons. The van der Waals surface area contributed by atoms with Crippen molar-refractivity contribution >= 4 is 44.3 Å². The largest absolute Gasteiger partial charge is 0.491 e. The second kappa shape index (κ2) is 12.9. The summed E-state index contributed by atoms with van der Waals surface area (Å²) in [6.45, 7) is 4.00. The van der Waals surface area contributed by atoms with Crippen molar-refractivity contribution in [2.45, 2.75) is 12.2 Å². The molecule has 1 saturated heterocycles. The fraction of sp³-hybridized carbons (Fsp3) is 0.429. The summed E-state index contributed by atoms with van der Waals surface area (Å²) < 4.78 is 19.1. The van der Waals surface area contributed by atoms with Crippen LogP contribution in [0.15, 0.2) is 57.5 Å². The van der Waals surface area contributed by atoms with Crippen molar-refractivity contribution in [3.05, 3.63) is 63.0 Å². The molecule has 0 aromatic heterocycles. The molecule has 1 aliphatic heterocycles. The first kappa shape index (κ1) is 24.6. The lowest BCUT2D eigenvalue weighted by Gasteiger charge is -2.34. The number of rotatable bonds is 9. The van der Waals surface area contributed by atoms with Crippen LogP contribution in [0, 0.1) is 0 Å². The maximum atomic E-state index is 10.3. The zero-order valence-corrected chi connectivity index (χ0v) is 20.0. The van der Waals surface area contributed by atoms with Crippen molar-refractivity contribution in [1.82, 2.24) is 4.90 Å². The molecule has 0 saturated carbocycles. The van der Waals surface area contributed by atoms with Crippen molar-refractivity contribution in [3.8, 4) is 5.75 Å². The summed E-state index contributed by atoms with van der Waals surface area (Å²) in [5.74, 6) is 0.805. The predicted octanol–water partition coefficient (Wildman–Crippen LogP) is 4.46. The maximum absolute atomic E-state index is 10.3. The standard InChI is InChI=1S/C21H25Br2NO4.ClH/c22-17-4-6-20(7-5-17)27-11-10-26-15-19(25)13-24-8-9-28-21(14-24)16-2-1-3-18(23)12-16;/h1-7,12,19,21,25H,8-11,13-15H2;1H. The number of aliphatic hydroxyl groups excluding tert-OH is 1. The van der Waals surface area contributed by atoms with Gasteiger partial charge >= 0.3 is 0 Å². The van der Waals surface area contributed by atoms with E-state index in [9.17, 15) is 5.11 Å². The molecule has 0 spiro atoms. The predicted molar refractivity (Wildman–Crippen MR) is 123 cm³/mol. The van der Waals surface area contributed by atoms with Crippen LogP contribution >= 0.6 is 44.3 Å². The highest BCUT2D eigenvalue weighted by Gasteiger charge is 2.23. The highest BCUT2D eigenvalue weighted by Crippen LogP contribution is 2.24. The van der Waals surface area contributed by atoms with Gasteiger partial charge < -0.3 is 19.3 Å². The Balaban J connectivity index is 0.00000300. The van der Waals surface area contributed by atoms with Gasteiger partial charge in [-0.15, -0.1) is 12.4 Å². The van der Waals surface area contributed by atoms with Crippen molar-refractivity contribution in [2.75, 3.05) is 46.1 Å². The lowest BCUT2D eigenvalue weighted by atomic mass is 10.1. The van der Waals surface area contributed by atoms with Gasteiger partial charge in [0.15, 0.2) is 0 Å². The normalized spacial score (nSPS) is 18.1. The van der Waals surface area contributed by atoms with Crippen LogP contribution in [0.2, 0.25) is 0 Å². The minimum Gasteiger partial charge on any atom is -0.491 e. The molecule has 2 unspecified atom stereocenters. The van der Waals surface area contributed by atoms with Gasteiger partial charge in [-0.25, -0.2) is 0 Å². The topological polar surface area (TPSA) is 51.2 Å². The van der Waals surface area contributed by atoms with E-state index >= 15 is 0 Å². The second-order valence-electron chi connectivity index (χ2n) is 6.71. The molecule has 2 aromatic rings. The van der Waals surface area contributed by atoms with Gasteiger partial charge in [0.25, 0.3) is 0 Å². The SMILES string of the molecule is Cl.OC(COCCOc1ccc(Br)cc1)CN1CCOC(c2cccc(Br)c2)C1. The summed E-state index contributed by atoms with van der Waals surface area (Å²) in [6, 6.07) is 15.8. The van der Waals surface area contributed by atoms with Crippen LogP contribution in [0.25, 0.3) is 0 Å². The molecule has 3 rings (SSSR count). The minimum absolute atomic E-state index is 0. The first-order valence-electron chi connectivity index (χ1n) is 9.34. The van der Waals surface area contributed by atoms with E-state index in [0.717, 1.165) is 33.3 Å². The Labute approximate surface area is 195 Å². The molecular weight excluding hydrogens is 525 g/mol. The van der Waals surface area contributed by atoms with E-state index in [2.05, 4.69) is 48.9 Å². The molecule has 8 heteroatoms. The molecule has 1 heterocycles. The Bertz CT molecular complexity index is 735. The zero-order chi connectivity index (χ0) is 19.8. The van der Waals surface area contributed by atoms with Gasteiger partial charge in [0, 0.05) is 28.6 Å². The van der Waals surface area contributed by atoms with Crippen molar-refractivity contribution in [2.24, 2.45) is 0 Å². The molecule has 0 bridgehead atoms. The fourth-order valence-electron chi connectivity index (χ4n) is 3.10. The smallest absolute Gasteiger partial charge is 0.119 e. The number of hydrogen-bond donors (Lipinski definition) is 1. The van der Waals surface area contributed by atoms with E-state index in [1.807, 2.05) is 36.4 Å². The summed E-state index contributed by atoms with van der Waals surface area (Å²) in [4.78, 5) is 2.22. The lowest BCUT2D eigenvalue weighted by Crippen LogP contribution is -2.43. The van der Waals surface area contributed by atoms with Gasteiger partial charge in [-0.3, -0.25) is 4.90 Å². The van der Waals surface area contributed by atoms with Crippen LogP contribution in [-0.2, 0) is 9.47 Å². The number of β-amino-alcohol motifs (C(OH)–C–C–N with tert-alkyl or cyclic N) is 1. The van der Waals surface area contributed by atoms with Crippen LogP contribution < -0.4 is 4.74 Å². The summed E-state index contributed by atoms with van der Waals surface area (Å²) in [5.41, 5.74) is 1.15. The third-order valence-electron chi connectivity index (χ3n) is 4.46. The van der Waals surface area contributed by atoms with E-state index in [4.69, 9.17) is 14.2 Å². The number of halogens is 3. The van der Waals surface area contributed by atoms with Crippen LogP contribution in [0.4, 0.5) is 0 Å². The summed E-state index contributed by atoms with van der Waals surface area (Å²) in [5, 5.41) is 10.3. The summed E-state index contributed by atoms with van der Waals surface area (Å²) in [6.07, 6.45) is -0.507. The first-order chi connectivity index (χ1) is 13.6. The average Bonchev–Trinajstić information content (AvgIpc) is 2.69. The molecule has 5 nitrogen and oxygen atoms in total. The zero-order valence-electron chi connectivity index (χ0n) is 16.0. The minimum atomic E-state index is -0.533. The van der Waals surface area contributed by atoms with Gasteiger partial charge in [-0.1, -0.05) is 44.0 Å². The monoisotopic (exact) mass is 549 g/mol. The molecule has 1 aliphatic rings. The number of morpholine rings is 1. The molecular formula is C21H26Br2ClNO4. The van der Waals surface area contributed by atoms with Gasteiger partial charge in [-0.05, 0) is 42.0 Å². The third-order valence-corrected chi connectivity index (χ3v) is 5.48. The van der Waals surface area contributed by atoms with E-state index in [-0.39, 0.29) is 18.5 Å². The number of aliphatic hydroxyl groups is 1. The lowest BCUT2D eigenvalue weighted by molar-refractivity contribution is -0.0535. The Kier molecular flexibility index (Phi) is 10.9. The average molecular weight is 552 g/mol. The maximum Gasteiger partial charge on any atom is 0.119 e. The highest BCUT2D eigenvalue weighted by atomic mass is 79.9. The van der Waals surface area contributed by atoms with Crippen LogP contribution in [-0.4, -0.2) is 62.2 Å². The fourth-order valence-corrected chi connectivity index (χ4v) is 3.78. The summed E-state index contributed by atoms with van der Waals surface area (Å²) in [7, 11) is 0. The van der Waals surface area contributed by atoms with Crippen molar-refractivity contribution in [1.29, 1.82) is 0 Å². The third kappa shape index (κ3) is 8.53. The highest BCUT2D eigenvalue weighted by molar-refractivity contribution is 9.10. The quantitative estimate of drug-likeness (QED) is 0.467.